The first-order valence-electron chi connectivity index (χ1n) is 8.04. The molecule has 0 bridgehead atoms. The van der Waals surface area contributed by atoms with Gasteiger partial charge in [0.25, 0.3) is 10.2 Å². The predicted molar refractivity (Wildman–Crippen MR) is 83.8 cm³/mol. The molecule has 0 aromatic carbocycles. The molecule has 1 heterocycles. The normalized spacial score (nSPS) is 24.5. The van der Waals surface area contributed by atoms with Gasteiger partial charge >= 0.3 is 5.97 Å². The lowest BCUT2D eigenvalue weighted by molar-refractivity contribution is -0.143. The third-order valence-electron chi connectivity index (χ3n) is 4.96. The van der Waals surface area contributed by atoms with Crippen LogP contribution in [0, 0.1) is 0 Å². The Morgan fingerprint density at radius 2 is 1.68 bits per heavy atom. The van der Waals surface area contributed by atoms with Crippen LogP contribution in [0.3, 0.4) is 0 Å². The Morgan fingerprint density at radius 1 is 1.14 bits per heavy atom. The molecule has 1 saturated carbocycles. The topological polar surface area (TPSA) is 81.2 Å². The summed E-state index contributed by atoms with van der Waals surface area (Å²) in [6.07, 6.45) is 5.25. The molecule has 2 fully saturated rings. The lowest BCUT2D eigenvalue weighted by Gasteiger charge is -2.39. The number of hydrogen-bond acceptors (Lipinski definition) is 4. The molecule has 0 amide bonds. The summed E-state index contributed by atoms with van der Waals surface area (Å²) in [5, 5.41) is 9.04. The van der Waals surface area contributed by atoms with E-state index in [2.05, 4.69) is 0 Å². The van der Waals surface area contributed by atoms with Crippen molar-refractivity contribution in [1.82, 2.24) is 13.5 Å². The minimum Gasteiger partial charge on any atom is -0.480 e. The monoisotopic (exact) mass is 333 g/mol. The number of carboxylic acid groups (broad SMARTS) is 1. The van der Waals surface area contributed by atoms with Crippen LogP contribution in [0.5, 0.6) is 0 Å². The Morgan fingerprint density at radius 3 is 2.18 bits per heavy atom. The van der Waals surface area contributed by atoms with E-state index in [1.807, 2.05) is 4.90 Å². The van der Waals surface area contributed by atoms with Gasteiger partial charge in [-0.05, 0) is 19.8 Å². The van der Waals surface area contributed by atoms with Gasteiger partial charge in [-0.2, -0.15) is 17.0 Å². The first-order valence-corrected chi connectivity index (χ1v) is 9.43. The zero-order valence-corrected chi connectivity index (χ0v) is 14.3. The number of aliphatic carboxylic acids is 1. The molecule has 1 aliphatic carbocycles. The van der Waals surface area contributed by atoms with Crippen molar-refractivity contribution < 1.29 is 18.3 Å². The van der Waals surface area contributed by atoms with E-state index in [-0.39, 0.29) is 6.04 Å². The van der Waals surface area contributed by atoms with E-state index in [0.29, 0.717) is 26.2 Å². The van der Waals surface area contributed by atoms with Gasteiger partial charge in [-0.1, -0.05) is 19.3 Å². The van der Waals surface area contributed by atoms with E-state index in [9.17, 15) is 13.2 Å². The first-order chi connectivity index (χ1) is 10.3. The molecular weight excluding hydrogens is 306 g/mol. The summed E-state index contributed by atoms with van der Waals surface area (Å²) >= 11 is 0. The summed E-state index contributed by atoms with van der Waals surface area (Å²) in [5.74, 6) is -0.865. The molecular formula is C14H27N3O4S. The van der Waals surface area contributed by atoms with Gasteiger partial charge in [0.1, 0.15) is 6.04 Å². The van der Waals surface area contributed by atoms with E-state index in [4.69, 9.17) is 5.11 Å². The van der Waals surface area contributed by atoms with E-state index < -0.39 is 22.2 Å². The van der Waals surface area contributed by atoms with Crippen LogP contribution in [0.2, 0.25) is 0 Å². The number of hydrogen-bond donors (Lipinski definition) is 1. The van der Waals surface area contributed by atoms with Gasteiger partial charge in [0, 0.05) is 39.3 Å². The maximum Gasteiger partial charge on any atom is 0.320 e. The van der Waals surface area contributed by atoms with E-state index in [1.165, 1.54) is 15.0 Å². The summed E-state index contributed by atoms with van der Waals surface area (Å²) in [7, 11) is -1.76. The molecule has 0 aromatic heterocycles. The molecule has 1 unspecified atom stereocenters. The Bertz CT molecular complexity index is 482. The third-order valence-corrected chi connectivity index (χ3v) is 7.00. The minimum absolute atomic E-state index is 0.106. The third kappa shape index (κ3) is 3.79. The SMILES string of the molecule is CC(C(=O)O)N1CCN(S(=O)(=O)N(C)C2CCCCC2)CC1. The van der Waals surface area contributed by atoms with Gasteiger partial charge in [0.05, 0.1) is 0 Å². The summed E-state index contributed by atoms with van der Waals surface area (Å²) < 4.78 is 28.4. The predicted octanol–water partition coefficient (Wildman–Crippen LogP) is 0.586. The molecule has 8 heteroatoms. The molecule has 1 saturated heterocycles. The number of nitrogens with zero attached hydrogens (tertiary/aromatic N) is 3. The van der Waals surface area contributed by atoms with Crippen LogP contribution >= 0.6 is 0 Å². The lowest BCUT2D eigenvalue weighted by Crippen LogP contribution is -2.56. The van der Waals surface area contributed by atoms with Crippen molar-refractivity contribution in [2.75, 3.05) is 33.2 Å². The number of carboxylic acids is 1. The quantitative estimate of drug-likeness (QED) is 0.796. The van der Waals surface area contributed by atoms with E-state index >= 15 is 0 Å². The van der Waals surface area contributed by atoms with Crippen molar-refractivity contribution in [2.24, 2.45) is 0 Å². The van der Waals surface area contributed by atoms with Gasteiger partial charge in [-0.3, -0.25) is 9.69 Å². The van der Waals surface area contributed by atoms with E-state index in [0.717, 1.165) is 25.7 Å². The van der Waals surface area contributed by atoms with Crippen molar-refractivity contribution in [3.63, 3.8) is 0 Å². The van der Waals surface area contributed by atoms with Gasteiger partial charge in [0.2, 0.25) is 0 Å². The molecule has 0 aromatic rings. The molecule has 2 rings (SSSR count). The number of rotatable bonds is 5. The van der Waals surface area contributed by atoms with Gasteiger partial charge in [-0.25, -0.2) is 0 Å². The van der Waals surface area contributed by atoms with Crippen LogP contribution in [0.4, 0.5) is 0 Å². The van der Waals surface area contributed by atoms with Crippen LogP contribution in [0.25, 0.3) is 0 Å². The summed E-state index contributed by atoms with van der Waals surface area (Å²) in [6.45, 7) is 3.28. The van der Waals surface area contributed by atoms with Gasteiger partial charge in [0.15, 0.2) is 0 Å². The summed E-state index contributed by atoms with van der Waals surface area (Å²) in [4.78, 5) is 12.8. The average molecular weight is 333 g/mol. The number of carbonyl (C=O) groups is 1. The van der Waals surface area contributed by atoms with Crippen LogP contribution < -0.4 is 0 Å². The first kappa shape index (κ1) is 17.7. The van der Waals surface area contributed by atoms with Gasteiger partial charge < -0.3 is 5.11 Å². The Kier molecular flexibility index (Phi) is 5.81. The molecule has 22 heavy (non-hydrogen) atoms. The highest BCUT2D eigenvalue weighted by Crippen LogP contribution is 2.25. The fraction of sp³-hybridized carbons (Fsp3) is 0.929. The maximum atomic E-state index is 12.7. The Balaban J connectivity index is 1.95. The van der Waals surface area contributed by atoms with Crippen LogP contribution in [0.1, 0.15) is 39.0 Å². The summed E-state index contributed by atoms with van der Waals surface area (Å²) in [5.41, 5.74) is 0. The average Bonchev–Trinajstić information content (AvgIpc) is 2.54. The van der Waals surface area contributed by atoms with Crippen molar-refractivity contribution in [1.29, 1.82) is 0 Å². The fourth-order valence-corrected chi connectivity index (χ4v) is 4.87. The summed E-state index contributed by atoms with van der Waals surface area (Å²) in [6, 6.07) is -0.462. The highest BCUT2D eigenvalue weighted by molar-refractivity contribution is 7.86. The largest absolute Gasteiger partial charge is 0.480 e. The fourth-order valence-electron chi connectivity index (χ4n) is 3.29. The molecule has 0 spiro atoms. The van der Waals surface area contributed by atoms with Crippen molar-refractivity contribution >= 4 is 16.2 Å². The van der Waals surface area contributed by atoms with Crippen LogP contribution in [-0.2, 0) is 15.0 Å². The molecule has 1 atom stereocenters. The zero-order chi connectivity index (χ0) is 16.3. The molecule has 1 N–H and O–H groups in total. The second-order valence-electron chi connectivity index (χ2n) is 6.27. The second-order valence-corrected chi connectivity index (χ2v) is 8.25. The maximum absolute atomic E-state index is 12.7. The minimum atomic E-state index is -3.44. The molecule has 128 valence electrons. The molecule has 7 nitrogen and oxygen atoms in total. The lowest BCUT2D eigenvalue weighted by atomic mass is 9.96. The van der Waals surface area contributed by atoms with Crippen molar-refractivity contribution in [3.05, 3.63) is 0 Å². The van der Waals surface area contributed by atoms with Gasteiger partial charge in [-0.15, -0.1) is 0 Å². The molecule has 2 aliphatic rings. The van der Waals surface area contributed by atoms with Crippen molar-refractivity contribution in [3.8, 4) is 0 Å². The molecule has 0 radical (unpaired) electrons. The number of piperazine rings is 1. The van der Waals surface area contributed by atoms with Crippen LogP contribution in [0.15, 0.2) is 0 Å². The Labute approximate surface area is 133 Å². The van der Waals surface area contributed by atoms with E-state index in [1.54, 1.807) is 14.0 Å². The highest BCUT2D eigenvalue weighted by atomic mass is 32.2. The van der Waals surface area contributed by atoms with Crippen molar-refractivity contribution in [2.45, 2.75) is 51.1 Å². The molecule has 1 aliphatic heterocycles. The van der Waals surface area contributed by atoms with Crippen LogP contribution in [-0.4, -0.2) is 78.3 Å². The highest BCUT2D eigenvalue weighted by Gasteiger charge is 2.35. The standard InChI is InChI=1S/C14H27N3O4S/c1-12(14(18)19)16-8-10-17(11-9-16)22(20,21)15(2)13-6-4-3-5-7-13/h12-13H,3-11H2,1-2H3,(H,18,19). The smallest absolute Gasteiger partial charge is 0.320 e. The Hall–Kier alpha value is -0.700. The second kappa shape index (κ2) is 7.25. The zero-order valence-electron chi connectivity index (χ0n) is 13.4.